The Bertz CT molecular complexity index is 1100. The number of carbonyl (C=O) groups excluding carboxylic acids is 3. The molecule has 1 aliphatic carbocycles. The number of piperazine rings is 1. The standard InChI is InChI=1S/C28H35N5O3/c34-26(21-6-2-1-3-7-21)30-24-20-23(28(36)33-16-12-29-13-17-33)10-11-25(24)31-14-5-15-32(19-18-31)27(35)22-8-4-9-22/h1-3,6-7,10-11,20,22,29H,4-5,8-9,12-19H2,(H,30,34). The van der Waals surface area contributed by atoms with E-state index in [4.69, 9.17) is 0 Å². The minimum absolute atomic E-state index is 0.0219. The summed E-state index contributed by atoms with van der Waals surface area (Å²) >= 11 is 0. The van der Waals surface area contributed by atoms with Gasteiger partial charge in [-0.2, -0.15) is 0 Å². The van der Waals surface area contributed by atoms with Gasteiger partial charge in [0.05, 0.1) is 11.4 Å². The molecule has 8 heteroatoms. The van der Waals surface area contributed by atoms with Gasteiger partial charge in [-0.05, 0) is 49.6 Å². The monoisotopic (exact) mass is 489 g/mol. The van der Waals surface area contributed by atoms with Crippen molar-refractivity contribution in [1.29, 1.82) is 0 Å². The Morgan fingerprint density at radius 1 is 0.778 bits per heavy atom. The lowest BCUT2D eigenvalue weighted by Gasteiger charge is -2.31. The van der Waals surface area contributed by atoms with Crippen molar-refractivity contribution in [1.82, 2.24) is 15.1 Å². The van der Waals surface area contributed by atoms with Crippen LogP contribution in [0, 0.1) is 5.92 Å². The Balaban J connectivity index is 1.38. The SMILES string of the molecule is O=C(Nc1cc(C(=O)N2CCNCC2)ccc1N1CCCN(C(=O)C2CCC2)CC1)c1ccccc1. The summed E-state index contributed by atoms with van der Waals surface area (Å²) in [6.07, 6.45) is 4.04. The number of rotatable bonds is 5. The maximum Gasteiger partial charge on any atom is 0.255 e. The number of carbonyl (C=O) groups is 3. The summed E-state index contributed by atoms with van der Waals surface area (Å²) in [6, 6.07) is 14.7. The van der Waals surface area contributed by atoms with Gasteiger partial charge in [-0.3, -0.25) is 14.4 Å². The third-order valence-electron chi connectivity index (χ3n) is 7.53. The van der Waals surface area contributed by atoms with Crippen LogP contribution >= 0.6 is 0 Å². The first-order valence-electron chi connectivity index (χ1n) is 13.1. The lowest BCUT2D eigenvalue weighted by Crippen LogP contribution is -2.46. The molecular formula is C28H35N5O3. The summed E-state index contributed by atoms with van der Waals surface area (Å²) in [4.78, 5) is 45.2. The normalized spacial score (nSPS) is 18.8. The molecule has 2 heterocycles. The summed E-state index contributed by atoms with van der Waals surface area (Å²) in [5, 5.41) is 6.34. The summed E-state index contributed by atoms with van der Waals surface area (Å²) in [6.45, 7) is 5.81. The van der Waals surface area contributed by atoms with Crippen LogP contribution in [0.15, 0.2) is 48.5 Å². The molecule has 0 spiro atoms. The van der Waals surface area contributed by atoms with Crippen LogP contribution in [-0.4, -0.2) is 79.9 Å². The van der Waals surface area contributed by atoms with E-state index in [9.17, 15) is 14.4 Å². The van der Waals surface area contributed by atoms with E-state index in [2.05, 4.69) is 15.5 Å². The number of hydrogen-bond donors (Lipinski definition) is 2. The Morgan fingerprint density at radius 2 is 1.56 bits per heavy atom. The Kier molecular flexibility index (Phi) is 7.51. The van der Waals surface area contributed by atoms with Crippen LogP contribution in [0.25, 0.3) is 0 Å². The van der Waals surface area contributed by atoms with Gasteiger partial charge in [0.15, 0.2) is 0 Å². The van der Waals surface area contributed by atoms with Crippen molar-refractivity contribution < 1.29 is 14.4 Å². The maximum absolute atomic E-state index is 13.2. The fourth-order valence-corrected chi connectivity index (χ4v) is 5.17. The van der Waals surface area contributed by atoms with Crippen molar-refractivity contribution in [2.45, 2.75) is 25.7 Å². The Labute approximate surface area is 212 Å². The topological polar surface area (TPSA) is 85.0 Å². The predicted molar refractivity (Wildman–Crippen MR) is 140 cm³/mol. The molecule has 1 saturated carbocycles. The average Bonchev–Trinajstić information content (AvgIpc) is 3.14. The molecular weight excluding hydrogens is 454 g/mol. The zero-order chi connectivity index (χ0) is 24.9. The maximum atomic E-state index is 13.2. The first-order valence-corrected chi connectivity index (χ1v) is 13.1. The van der Waals surface area contributed by atoms with E-state index >= 15 is 0 Å². The molecule has 0 aromatic heterocycles. The van der Waals surface area contributed by atoms with E-state index in [1.807, 2.05) is 46.2 Å². The van der Waals surface area contributed by atoms with Crippen molar-refractivity contribution in [3.63, 3.8) is 0 Å². The van der Waals surface area contributed by atoms with Crippen LogP contribution in [0.4, 0.5) is 11.4 Å². The van der Waals surface area contributed by atoms with Crippen molar-refractivity contribution in [3.05, 3.63) is 59.7 Å². The van der Waals surface area contributed by atoms with E-state index in [1.54, 1.807) is 12.1 Å². The smallest absolute Gasteiger partial charge is 0.255 e. The lowest BCUT2D eigenvalue weighted by molar-refractivity contribution is -0.137. The van der Waals surface area contributed by atoms with Crippen LogP contribution in [0.2, 0.25) is 0 Å². The fourth-order valence-electron chi connectivity index (χ4n) is 5.17. The van der Waals surface area contributed by atoms with E-state index in [1.165, 1.54) is 0 Å². The van der Waals surface area contributed by atoms with Crippen molar-refractivity contribution in [2.24, 2.45) is 5.92 Å². The zero-order valence-corrected chi connectivity index (χ0v) is 20.7. The molecule has 2 N–H and O–H groups in total. The van der Waals surface area contributed by atoms with Crippen molar-refractivity contribution in [3.8, 4) is 0 Å². The molecule has 0 bridgehead atoms. The van der Waals surface area contributed by atoms with Crippen LogP contribution in [-0.2, 0) is 4.79 Å². The molecule has 3 fully saturated rings. The molecule has 0 atom stereocenters. The van der Waals surface area contributed by atoms with Gasteiger partial charge >= 0.3 is 0 Å². The quantitative estimate of drug-likeness (QED) is 0.675. The summed E-state index contributed by atoms with van der Waals surface area (Å²) < 4.78 is 0. The van der Waals surface area contributed by atoms with E-state index in [-0.39, 0.29) is 23.6 Å². The van der Waals surface area contributed by atoms with E-state index in [0.717, 1.165) is 57.5 Å². The van der Waals surface area contributed by atoms with Crippen LogP contribution in [0.1, 0.15) is 46.4 Å². The molecule has 3 amide bonds. The van der Waals surface area contributed by atoms with Gasteiger partial charge in [0.25, 0.3) is 11.8 Å². The molecule has 5 rings (SSSR count). The molecule has 190 valence electrons. The highest BCUT2D eigenvalue weighted by molar-refractivity contribution is 6.07. The molecule has 36 heavy (non-hydrogen) atoms. The van der Waals surface area contributed by atoms with Crippen molar-refractivity contribution >= 4 is 29.1 Å². The first kappa shape index (κ1) is 24.3. The minimum atomic E-state index is -0.208. The van der Waals surface area contributed by atoms with Crippen LogP contribution in [0.3, 0.4) is 0 Å². The first-order chi connectivity index (χ1) is 17.6. The van der Waals surface area contributed by atoms with Crippen LogP contribution < -0.4 is 15.5 Å². The number of amides is 3. The highest BCUT2D eigenvalue weighted by Crippen LogP contribution is 2.31. The molecule has 3 aliphatic rings. The average molecular weight is 490 g/mol. The molecule has 2 aromatic carbocycles. The second kappa shape index (κ2) is 11.1. The highest BCUT2D eigenvalue weighted by atomic mass is 16.2. The van der Waals surface area contributed by atoms with Gasteiger partial charge in [0, 0.05) is 69.4 Å². The largest absolute Gasteiger partial charge is 0.368 e. The summed E-state index contributed by atoms with van der Waals surface area (Å²) in [5.74, 6) is 0.261. The van der Waals surface area contributed by atoms with Crippen molar-refractivity contribution in [2.75, 3.05) is 62.6 Å². The van der Waals surface area contributed by atoms with Crippen LogP contribution in [0.5, 0.6) is 0 Å². The van der Waals surface area contributed by atoms with Gasteiger partial charge in [-0.25, -0.2) is 0 Å². The molecule has 0 unspecified atom stereocenters. The fraction of sp³-hybridized carbons (Fsp3) is 0.464. The number of anilines is 2. The Morgan fingerprint density at radius 3 is 2.28 bits per heavy atom. The zero-order valence-electron chi connectivity index (χ0n) is 20.7. The molecule has 8 nitrogen and oxygen atoms in total. The number of nitrogens with zero attached hydrogens (tertiary/aromatic N) is 3. The van der Waals surface area contributed by atoms with Gasteiger partial charge < -0.3 is 25.3 Å². The minimum Gasteiger partial charge on any atom is -0.368 e. The Hall–Kier alpha value is -3.39. The third kappa shape index (κ3) is 5.38. The predicted octanol–water partition coefficient (Wildman–Crippen LogP) is 2.82. The molecule has 2 saturated heterocycles. The summed E-state index contributed by atoms with van der Waals surface area (Å²) in [5.41, 5.74) is 2.65. The van der Waals surface area contributed by atoms with Gasteiger partial charge in [-0.15, -0.1) is 0 Å². The second-order valence-corrected chi connectivity index (χ2v) is 9.89. The third-order valence-corrected chi connectivity index (χ3v) is 7.53. The van der Waals surface area contributed by atoms with E-state index < -0.39 is 0 Å². The molecule has 2 aromatic rings. The second-order valence-electron chi connectivity index (χ2n) is 9.89. The number of hydrogen-bond acceptors (Lipinski definition) is 5. The van der Waals surface area contributed by atoms with Gasteiger partial charge in [-0.1, -0.05) is 24.6 Å². The molecule has 0 radical (unpaired) electrons. The lowest BCUT2D eigenvalue weighted by atomic mass is 9.84. The number of benzene rings is 2. The van der Waals surface area contributed by atoms with Gasteiger partial charge in [0.1, 0.15) is 0 Å². The molecule has 2 aliphatic heterocycles. The number of nitrogens with one attached hydrogen (secondary N) is 2. The van der Waals surface area contributed by atoms with E-state index in [0.29, 0.717) is 43.0 Å². The van der Waals surface area contributed by atoms with Gasteiger partial charge in [0.2, 0.25) is 5.91 Å². The highest BCUT2D eigenvalue weighted by Gasteiger charge is 2.31. The summed E-state index contributed by atoms with van der Waals surface area (Å²) in [7, 11) is 0.